The summed E-state index contributed by atoms with van der Waals surface area (Å²) in [5.41, 5.74) is 3.18. The summed E-state index contributed by atoms with van der Waals surface area (Å²) in [6, 6.07) is 10.3. The van der Waals surface area contributed by atoms with Gasteiger partial charge in [0, 0.05) is 12.0 Å². The summed E-state index contributed by atoms with van der Waals surface area (Å²) in [6.07, 6.45) is 15.1. The van der Waals surface area contributed by atoms with E-state index in [9.17, 15) is 14.7 Å². The van der Waals surface area contributed by atoms with Gasteiger partial charge in [0.15, 0.2) is 0 Å². The zero-order valence-electron chi connectivity index (χ0n) is 37.4. The highest BCUT2D eigenvalue weighted by Crippen LogP contribution is 2.78. The second-order valence-corrected chi connectivity index (χ2v) is 21.9. The van der Waals surface area contributed by atoms with Crippen molar-refractivity contribution in [3.63, 3.8) is 0 Å². The first-order valence-electron chi connectivity index (χ1n) is 23.4. The Balaban J connectivity index is 1.04. The number of hydrogen-bond acceptors (Lipinski definition) is 5. The largest absolute Gasteiger partial charge is 0.481 e. The molecule has 6 fully saturated rings. The molecule has 2 N–H and O–H groups in total. The molecular formula is C51H73N3O5. The number of aliphatic carboxylic acids is 1. The van der Waals surface area contributed by atoms with Gasteiger partial charge in [-0.25, -0.2) is 4.98 Å². The summed E-state index contributed by atoms with van der Waals surface area (Å²) in [5, 5.41) is 9.64. The van der Waals surface area contributed by atoms with Gasteiger partial charge in [-0.3, -0.25) is 14.4 Å². The average Bonchev–Trinajstić information content (AvgIpc) is 3.98. The third-order valence-corrected chi connectivity index (χ3v) is 19.1. The molecule has 322 valence electrons. The maximum atomic E-state index is 15.5. The Morgan fingerprint density at radius 2 is 1.68 bits per heavy atom. The van der Waals surface area contributed by atoms with Gasteiger partial charge in [0.2, 0.25) is 5.91 Å². The van der Waals surface area contributed by atoms with Crippen LogP contribution in [0.2, 0.25) is 0 Å². The van der Waals surface area contributed by atoms with E-state index in [-0.39, 0.29) is 45.2 Å². The minimum absolute atomic E-state index is 0.0189. The summed E-state index contributed by atoms with van der Waals surface area (Å²) in [4.78, 5) is 51.5. The van der Waals surface area contributed by atoms with Crippen LogP contribution in [0.4, 0.5) is 0 Å². The van der Waals surface area contributed by atoms with Crippen molar-refractivity contribution in [2.45, 2.75) is 157 Å². The molecule has 8 rings (SSSR count). The van der Waals surface area contributed by atoms with Crippen molar-refractivity contribution in [2.75, 3.05) is 6.54 Å². The first-order valence-corrected chi connectivity index (χ1v) is 23.4. The third-order valence-electron chi connectivity index (χ3n) is 19.1. The number of carbonyl (C=O) groups excluding carboxylic acids is 2. The Morgan fingerprint density at radius 1 is 0.932 bits per heavy atom. The lowest BCUT2D eigenvalue weighted by Crippen LogP contribution is -2.67. The lowest BCUT2D eigenvalue weighted by Gasteiger charge is -2.73. The average molecular weight is 808 g/mol. The van der Waals surface area contributed by atoms with Crippen molar-refractivity contribution in [3.05, 3.63) is 54.5 Å². The maximum Gasteiger partial charge on any atom is 0.308 e. The van der Waals surface area contributed by atoms with Gasteiger partial charge in [0.05, 0.1) is 35.2 Å². The topological polar surface area (TPSA) is 113 Å². The van der Waals surface area contributed by atoms with Crippen LogP contribution in [0.3, 0.4) is 0 Å². The molecule has 8 nitrogen and oxygen atoms in total. The molecule has 0 spiro atoms. The molecule has 2 aromatic rings. The van der Waals surface area contributed by atoms with Crippen molar-refractivity contribution in [1.82, 2.24) is 14.9 Å². The van der Waals surface area contributed by atoms with E-state index in [0.29, 0.717) is 48.3 Å². The summed E-state index contributed by atoms with van der Waals surface area (Å²) in [7, 11) is 0. The number of hydrogen-bond donors (Lipinski definition) is 2. The number of benzene rings is 1. The highest BCUT2D eigenvalue weighted by Gasteiger charge is 2.72. The number of rotatable bonds is 10. The van der Waals surface area contributed by atoms with Crippen LogP contribution in [0.15, 0.2) is 48.7 Å². The van der Waals surface area contributed by atoms with Gasteiger partial charge in [-0.2, -0.15) is 0 Å². The van der Waals surface area contributed by atoms with E-state index in [4.69, 9.17) is 9.72 Å². The minimum atomic E-state index is -0.837. The Morgan fingerprint density at radius 3 is 2.37 bits per heavy atom. The molecule has 5 aliphatic carbocycles. The molecule has 59 heavy (non-hydrogen) atoms. The number of esters is 1. The maximum absolute atomic E-state index is 15.5. The third kappa shape index (κ3) is 6.48. The van der Waals surface area contributed by atoms with Gasteiger partial charge >= 0.3 is 11.9 Å². The highest BCUT2D eigenvalue weighted by atomic mass is 16.5. The van der Waals surface area contributed by atoms with E-state index >= 15 is 4.79 Å². The number of fused-ring (bicyclic) bond motifs is 7. The zero-order chi connectivity index (χ0) is 42.3. The second-order valence-electron chi connectivity index (χ2n) is 21.9. The Bertz CT molecular complexity index is 1940. The Kier molecular flexibility index (Phi) is 10.9. The van der Waals surface area contributed by atoms with Crippen LogP contribution in [-0.4, -0.2) is 50.5 Å². The number of H-pyrrole nitrogens is 1. The molecule has 1 aliphatic heterocycles. The van der Waals surface area contributed by atoms with Crippen molar-refractivity contribution in [3.8, 4) is 11.3 Å². The number of aromatic amines is 1. The number of likely N-dealkylation sites (tertiary alicyclic amines) is 1. The van der Waals surface area contributed by atoms with Crippen LogP contribution in [0.25, 0.3) is 11.3 Å². The van der Waals surface area contributed by atoms with Gasteiger partial charge in [0.25, 0.3) is 0 Å². The quantitative estimate of drug-likeness (QED) is 0.183. The van der Waals surface area contributed by atoms with E-state index in [1.165, 1.54) is 12.0 Å². The number of allylic oxidation sites excluding steroid dienone is 1. The SMILES string of the molecule is C=C(C)[C@@H]1CC[C@]2(C(=O)N3CCC[C@H]3c3ncc(-c4ccccc4)[nH]3)CC[C@]3(C)[C@H](CC[C@@H]4[C@@]5(C)CC[C@H](OC(=O)[C@@H](C)C[C@@H](CC)C(=O)O)C(C)(C)[C@@H]5CC[C@]43C)[C@@H]12. The lowest BCUT2D eigenvalue weighted by atomic mass is 9.32. The first-order chi connectivity index (χ1) is 27.9. The van der Waals surface area contributed by atoms with Crippen LogP contribution in [-0.2, 0) is 19.1 Å². The molecule has 0 radical (unpaired) electrons. The van der Waals surface area contributed by atoms with Gasteiger partial charge in [-0.15, -0.1) is 0 Å². The normalized spacial score (nSPS) is 39.5. The highest BCUT2D eigenvalue weighted by molar-refractivity contribution is 5.85. The minimum Gasteiger partial charge on any atom is -0.481 e. The smallest absolute Gasteiger partial charge is 0.308 e. The van der Waals surface area contributed by atoms with E-state index in [2.05, 4.69) is 82.3 Å². The monoisotopic (exact) mass is 808 g/mol. The van der Waals surface area contributed by atoms with Gasteiger partial charge < -0.3 is 19.7 Å². The number of imidazole rings is 1. The number of carbonyl (C=O) groups is 3. The summed E-state index contributed by atoms with van der Waals surface area (Å²) >= 11 is 0. The predicted molar refractivity (Wildman–Crippen MR) is 232 cm³/mol. The lowest BCUT2D eigenvalue weighted by molar-refractivity contribution is -0.250. The molecule has 5 saturated carbocycles. The molecule has 1 saturated heterocycles. The molecule has 1 amide bonds. The van der Waals surface area contributed by atoms with E-state index in [1.807, 2.05) is 26.1 Å². The van der Waals surface area contributed by atoms with E-state index in [0.717, 1.165) is 94.3 Å². The Labute approximate surface area is 354 Å². The molecular weight excluding hydrogens is 735 g/mol. The second kappa shape index (κ2) is 15.2. The number of amides is 1. The van der Waals surface area contributed by atoms with Crippen molar-refractivity contribution in [1.29, 1.82) is 0 Å². The molecule has 6 aliphatic rings. The van der Waals surface area contributed by atoms with Crippen LogP contribution >= 0.6 is 0 Å². The van der Waals surface area contributed by atoms with E-state index in [1.54, 1.807) is 0 Å². The molecule has 1 aromatic carbocycles. The van der Waals surface area contributed by atoms with Gasteiger partial charge in [-0.1, -0.05) is 91.0 Å². The number of carboxylic acids is 1. The van der Waals surface area contributed by atoms with Crippen molar-refractivity contribution in [2.24, 2.45) is 68.5 Å². The van der Waals surface area contributed by atoms with Crippen molar-refractivity contribution >= 4 is 17.8 Å². The predicted octanol–water partition coefficient (Wildman–Crippen LogP) is 11.4. The standard InChI is InChI=1S/C51H73N3O5/c1-10-33(44(55)56)29-32(4)45(57)59-41-22-23-48(7)39(47(41,5)6)21-24-50(9)40(48)19-18-36-42-35(31(2)3)20-25-51(42,27-26-49(36,50)8)46(58)54-28-14-17-38(54)43-52-30-37(53-43)34-15-12-11-13-16-34/h11-13,15-16,30,32-33,35-36,38-42H,2,10,14,17-29H2,1,3-9H3,(H,52,53)(H,55,56)/t32-,33+,35-,36+,38-,39-,40+,41-,42+,48-,49+,50+,51-/m0/s1. The van der Waals surface area contributed by atoms with Crippen molar-refractivity contribution < 1.29 is 24.2 Å². The molecule has 8 heteroatoms. The van der Waals surface area contributed by atoms with Gasteiger partial charge in [-0.05, 0) is 148 Å². The molecule has 0 bridgehead atoms. The molecule has 0 unspecified atom stereocenters. The molecule has 13 atom stereocenters. The van der Waals surface area contributed by atoms with Crippen LogP contribution in [0.1, 0.15) is 157 Å². The number of nitrogens with zero attached hydrogens (tertiary/aromatic N) is 2. The molecule has 1 aromatic heterocycles. The van der Waals surface area contributed by atoms with Crippen LogP contribution in [0, 0.1) is 68.5 Å². The molecule has 2 heterocycles. The Hall–Kier alpha value is -3.42. The number of nitrogens with one attached hydrogen (secondary N) is 1. The summed E-state index contributed by atoms with van der Waals surface area (Å²) in [6.45, 7) is 23.9. The van der Waals surface area contributed by atoms with E-state index < -0.39 is 17.8 Å². The first kappa shape index (κ1) is 42.3. The summed E-state index contributed by atoms with van der Waals surface area (Å²) < 4.78 is 6.39. The van der Waals surface area contributed by atoms with Crippen LogP contribution in [0.5, 0.6) is 0 Å². The summed E-state index contributed by atoms with van der Waals surface area (Å²) in [5.74, 6) is 1.35. The van der Waals surface area contributed by atoms with Gasteiger partial charge in [0.1, 0.15) is 11.9 Å². The number of carboxylic acid groups (broad SMARTS) is 1. The fraction of sp³-hybridized carbons (Fsp3) is 0.725. The number of ether oxygens (including phenoxy) is 1. The zero-order valence-corrected chi connectivity index (χ0v) is 37.4. The number of aromatic nitrogens is 2. The fourth-order valence-electron chi connectivity index (χ4n) is 15.8. The van der Waals surface area contributed by atoms with Crippen LogP contribution < -0.4 is 0 Å². The fourth-order valence-corrected chi connectivity index (χ4v) is 15.8.